The van der Waals surface area contributed by atoms with E-state index in [4.69, 9.17) is 10.1 Å². The van der Waals surface area contributed by atoms with E-state index in [0.29, 0.717) is 30.5 Å². The smallest absolute Gasteiger partial charge is 0.269 e. The van der Waals surface area contributed by atoms with E-state index in [9.17, 15) is 4.79 Å². The Morgan fingerprint density at radius 3 is 2.76 bits per heavy atom. The minimum Gasteiger partial charge on any atom is -0.350 e. The summed E-state index contributed by atoms with van der Waals surface area (Å²) in [6.07, 6.45) is 4.72. The Morgan fingerprint density at radius 1 is 1.09 bits per heavy atom. The second-order valence-electron chi connectivity index (χ2n) is 9.81. The predicted molar refractivity (Wildman–Crippen MR) is 128 cm³/mol. The van der Waals surface area contributed by atoms with Crippen molar-refractivity contribution in [1.82, 2.24) is 25.5 Å². The SMILES string of the molecule is CC1(C)C2CCC1c1c(-c3nc(CCNC(=O)c4ccccn4)cc4ccccc34)n[nH]c12. The number of hydrogen-bond donors (Lipinski definition) is 2. The number of hydrogen-bond acceptors (Lipinski definition) is 4. The number of benzene rings is 1. The van der Waals surface area contributed by atoms with Crippen molar-refractivity contribution in [3.63, 3.8) is 0 Å². The number of aromatic amines is 1. The van der Waals surface area contributed by atoms with Crippen LogP contribution in [0.2, 0.25) is 0 Å². The van der Waals surface area contributed by atoms with Gasteiger partial charge in [0.05, 0.1) is 5.69 Å². The Morgan fingerprint density at radius 2 is 1.91 bits per heavy atom. The van der Waals surface area contributed by atoms with E-state index >= 15 is 0 Å². The fourth-order valence-corrected chi connectivity index (χ4v) is 5.97. The lowest BCUT2D eigenvalue weighted by Crippen LogP contribution is -2.26. The lowest BCUT2D eigenvalue weighted by Gasteiger charge is -2.24. The largest absolute Gasteiger partial charge is 0.350 e. The average molecular weight is 438 g/mol. The van der Waals surface area contributed by atoms with Gasteiger partial charge in [-0.05, 0) is 47.8 Å². The number of carbonyl (C=O) groups excluding carboxylic acids is 1. The molecule has 0 radical (unpaired) electrons. The molecule has 166 valence electrons. The van der Waals surface area contributed by atoms with E-state index in [1.807, 2.05) is 6.07 Å². The van der Waals surface area contributed by atoms with Crippen molar-refractivity contribution in [3.05, 3.63) is 77.4 Å². The number of pyridine rings is 2. The molecule has 2 atom stereocenters. The quantitative estimate of drug-likeness (QED) is 0.461. The number of carbonyl (C=O) groups is 1. The second-order valence-corrected chi connectivity index (χ2v) is 9.81. The minimum absolute atomic E-state index is 0.167. The standard InChI is InChI=1S/C27H27N5O/c1-27(2)19-10-11-20(27)24-22(19)25(32-31-24)23-18-8-4-3-7-16(18)15-17(30-23)12-14-29-26(33)21-9-5-6-13-28-21/h3-9,13,15,19-20H,10-12,14H2,1-2H3,(H,29,33)(H,31,32). The first-order valence-electron chi connectivity index (χ1n) is 11.7. The van der Waals surface area contributed by atoms with Gasteiger partial charge in [0.1, 0.15) is 11.4 Å². The zero-order chi connectivity index (χ0) is 22.6. The number of H-pyrrole nitrogens is 1. The van der Waals surface area contributed by atoms with Crippen LogP contribution in [0, 0.1) is 5.41 Å². The first-order valence-corrected chi connectivity index (χ1v) is 11.7. The van der Waals surface area contributed by atoms with Gasteiger partial charge in [0.2, 0.25) is 0 Å². The fraction of sp³-hybridized carbons (Fsp3) is 0.333. The van der Waals surface area contributed by atoms with Gasteiger partial charge in [-0.25, -0.2) is 0 Å². The molecule has 1 aromatic carbocycles. The number of rotatable bonds is 5. The van der Waals surface area contributed by atoms with Gasteiger partial charge in [0, 0.05) is 47.4 Å². The van der Waals surface area contributed by atoms with Crippen LogP contribution in [-0.2, 0) is 6.42 Å². The molecule has 6 nitrogen and oxygen atoms in total. The van der Waals surface area contributed by atoms with Gasteiger partial charge < -0.3 is 5.32 Å². The Kier molecular flexibility index (Phi) is 4.57. The van der Waals surface area contributed by atoms with E-state index in [2.05, 4.69) is 59.6 Å². The van der Waals surface area contributed by atoms with Crippen LogP contribution in [0.3, 0.4) is 0 Å². The maximum atomic E-state index is 12.4. The first kappa shape index (κ1) is 20.1. The molecule has 2 aliphatic carbocycles. The van der Waals surface area contributed by atoms with Crippen LogP contribution in [0.15, 0.2) is 54.7 Å². The van der Waals surface area contributed by atoms with Crippen molar-refractivity contribution in [1.29, 1.82) is 0 Å². The summed E-state index contributed by atoms with van der Waals surface area (Å²) in [5.41, 5.74) is 6.27. The number of amides is 1. The summed E-state index contributed by atoms with van der Waals surface area (Å²) >= 11 is 0. The van der Waals surface area contributed by atoms with Gasteiger partial charge in [0.25, 0.3) is 5.91 Å². The molecular weight excluding hydrogens is 410 g/mol. The van der Waals surface area contributed by atoms with Crippen LogP contribution in [0.4, 0.5) is 0 Å². The summed E-state index contributed by atoms with van der Waals surface area (Å²) in [5.74, 6) is 0.906. The third-order valence-electron chi connectivity index (χ3n) is 7.65. The van der Waals surface area contributed by atoms with Crippen molar-refractivity contribution in [2.45, 2.75) is 44.9 Å². The van der Waals surface area contributed by atoms with Gasteiger partial charge in [-0.3, -0.25) is 19.9 Å². The Labute approximate surface area is 192 Å². The van der Waals surface area contributed by atoms with Gasteiger partial charge >= 0.3 is 0 Å². The van der Waals surface area contributed by atoms with E-state index in [0.717, 1.165) is 27.9 Å². The molecule has 2 bridgehead atoms. The molecule has 2 unspecified atom stereocenters. The monoisotopic (exact) mass is 437 g/mol. The van der Waals surface area contributed by atoms with Crippen molar-refractivity contribution in [2.75, 3.05) is 6.54 Å². The molecule has 33 heavy (non-hydrogen) atoms. The molecule has 3 aromatic heterocycles. The van der Waals surface area contributed by atoms with Crippen LogP contribution < -0.4 is 5.32 Å². The second kappa shape index (κ2) is 7.51. The van der Waals surface area contributed by atoms with Crippen molar-refractivity contribution in [3.8, 4) is 11.4 Å². The summed E-state index contributed by atoms with van der Waals surface area (Å²) in [6, 6.07) is 15.8. The Hall–Kier alpha value is -3.54. The molecule has 1 fully saturated rings. The maximum absolute atomic E-state index is 12.4. The predicted octanol–water partition coefficient (Wildman–Crippen LogP) is 4.99. The summed E-state index contributed by atoms with van der Waals surface area (Å²) in [5, 5.41) is 13.4. The highest BCUT2D eigenvalue weighted by molar-refractivity contribution is 5.95. The summed E-state index contributed by atoms with van der Waals surface area (Å²) < 4.78 is 0. The van der Waals surface area contributed by atoms with E-state index in [1.165, 1.54) is 24.1 Å². The molecule has 1 saturated carbocycles. The normalized spacial score (nSPS) is 20.2. The van der Waals surface area contributed by atoms with Crippen LogP contribution in [0.1, 0.15) is 66.0 Å². The Bertz CT molecular complexity index is 1360. The molecule has 6 heteroatoms. The first-order chi connectivity index (χ1) is 16.0. The Balaban J connectivity index is 1.33. The zero-order valence-corrected chi connectivity index (χ0v) is 18.9. The van der Waals surface area contributed by atoms with Crippen LogP contribution in [-0.4, -0.2) is 32.6 Å². The van der Waals surface area contributed by atoms with Crippen LogP contribution in [0.5, 0.6) is 0 Å². The fourth-order valence-electron chi connectivity index (χ4n) is 5.97. The number of nitrogens with one attached hydrogen (secondary N) is 2. The highest BCUT2D eigenvalue weighted by Gasteiger charge is 2.54. The average Bonchev–Trinajstić information content (AvgIpc) is 3.46. The van der Waals surface area contributed by atoms with Crippen LogP contribution in [0.25, 0.3) is 22.2 Å². The van der Waals surface area contributed by atoms with Gasteiger partial charge in [-0.15, -0.1) is 0 Å². The lowest BCUT2D eigenvalue weighted by atomic mass is 9.80. The molecular formula is C27H27N5O. The molecule has 0 spiro atoms. The summed E-state index contributed by atoms with van der Waals surface area (Å²) in [7, 11) is 0. The maximum Gasteiger partial charge on any atom is 0.269 e. The molecule has 4 aromatic rings. The molecule has 0 aliphatic heterocycles. The molecule has 6 rings (SSSR count). The third-order valence-corrected chi connectivity index (χ3v) is 7.65. The number of aromatic nitrogens is 4. The topological polar surface area (TPSA) is 83.6 Å². The molecule has 3 heterocycles. The molecule has 0 saturated heterocycles. The van der Waals surface area contributed by atoms with E-state index in [-0.39, 0.29) is 11.3 Å². The zero-order valence-electron chi connectivity index (χ0n) is 18.9. The third kappa shape index (κ3) is 3.16. The van der Waals surface area contributed by atoms with Gasteiger partial charge in [0.15, 0.2) is 0 Å². The van der Waals surface area contributed by atoms with E-state index in [1.54, 1.807) is 18.3 Å². The van der Waals surface area contributed by atoms with Crippen molar-refractivity contribution in [2.24, 2.45) is 5.41 Å². The lowest BCUT2D eigenvalue weighted by molar-refractivity contribution is 0.0949. The highest BCUT2D eigenvalue weighted by Crippen LogP contribution is 2.65. The molecule has 1 amide bonds. The van der Waals surface area contributed by atoms with Gasteiger partial charge in [-0.2, -0.15) is 5.10 Å². The van der Waals surface area contributed by atoms with Crippen LogP contribution >= 0.6 is 0 Å². The molecule has 2 N–H and O–H groups in total. The summed E-state index contributed by atoms with van der Waals surface area (Å²) in [6.45, 7) is 5.27. The van der Waals surface area contributed by atoms with E-state index < -0.39 is 0 Å². The summed E-state index contributed by atoms with van der Waals surface area (Å²) in [4.78, 5) is 21.5. The molecule has 2 aliphatic rings. The van der Waals surface area contributed by atoms with Gasteiger partial charge in [-0.1, -0.05) is 44.2 Å². The van der Waals surface area contributed by atoms with Crippen molar-refractivity contribution < 1.29 is 4.79 Å². The minimum atomic E-state index is -0.167. The number of nitrogens with zero attached hydrogens (tertiary/aromatic N) is 3. The number of fused-ring (bicyclic) bond motifs is 6. The highest BCUT2D eigenvalue weighted by atomic mass is 16.1. The van der Waals surface area contributed by atoms with Crippen molar-refractivity contribution >= 4 is 16.7 Å².